The van der Waals surface area contributed by atoms with E-state index in [4.69, 9.17) is 0 Å². The fraction of sp³-hybridized carbons (Fsp3) is 0.611. The van der Waals surface area contributed by atoms with Crippen LogP contribution in [-0.4, -0.2) is 74.7 Å². The average molecular weight is 419 g/mol. The fourth-order valence-corrected chi connectivity index (χ4v) is 5.13. The van der Waals surface area contributed by atoms with Gasteiger partial charge in [0.15, 0.2) is 0 Å². The molecule has 2 fully saturated rings. The maximum Gasteiger partial charge on any atom is 0.416 e. The van der Waals surface area contributed by atoms with E-state index in [-0.39, 0.29) is 29.8 Å². The highest BCUT2D eigenvalue weighted by Crippen LogP contribution is 2.32. The molecule has 3 rings (SSSR count). The molecule has 0 bridgehead atoms. The first kappa shape index (κ1) is 21.1. The molecule has 2 heterocycles. The zero-order valence-electron chi connectivity index (χ0n) is 15.7. The quantitative estimate of drug-likeness (QED) is 0.751. The van der Waals surface area contributed by atoms with Gasteiger partial charge in [0, 0.05) is 45.2 Å². The molecule has 28 heavy (non-hydrogen) atoms. The summed E-state index contributed by atoms with van der Waals surface area (Å²) in [6.45, 7) is 3.21. The van der Waals surface area contributed by atoms with Gasteiger partial charge in [-0.3, -0.25) is 4.79 Å². The summed E-state index contributed by atoms with van der Waals surface area (Å²) >= 11 is 0. The molecule has 2 saturated heterocycles. The number of piperazine rings is 1. The van der Waals surface area contributed by atoms with E-state index in [0.29, 0.717) is 32.0 Å². The van der Waals surface area contributed by atoms with Crippen molar-refractivity contribution in [1.29, 1.82) is 0 Å². The highest BCUT2D eigenvalue weighted by Gasteiger charge is 2.36. The molecule has 0 radical (unpaired) electrons. The van der Waals surface area contributed by atoms with Crippen LogP contribution in [0.15, 0.2) is 29.2 Å². The molecule has 6 nitrogen and oxygen atoms in total. The highest BCUT2D eigenvalue weighted by atomic mass is 32.2. The van der Waals surface area contributed by atoms with Crippen LogP contribution in [0.1, 0.15) is 18.4 Å². The van der Waals surface area contributed by atoms with Crippen LogP contribution in [0.25, 0.3) is 0 Å². The normalized spacial score (nSPS) is 21.1. The lowest BCUT2D eigenvalue weighted by atomic mass is 9.96. The molecule has 0 aromatic heterocycles. The Bertz CT molecular complexity index is 813. The van der Waals surface area contributed by atoms with Gasteiger partial charge in [-0.25, -0.2) is 8.42 Å². The number of rotatable bonds is 3. The first-order valence-electron chi connectivity index (χ1n) is 9.24. The summed E-state index contributed by atoms with van der Waals surface area (Å²) in [5, 5.41) is 0. The molecule has 1 amide bonds. The van der Waals surface area contributed by atoms with Crippen LogP contribution in [0.4, 0.5) is 13.2 Å². The van der Waals surface area contributed by atoms with Crippen LogP contribution in [0.3, 0.4) is 0 Å². The minimum atomic E-state index is -4.60. The fourth-order valence-electron chi connectivity index (χ4n) is 3.61. The Labute approximate surface area is 162 Å². The van der Waals surface area contributed by atoms with E-state index < -0.39 is 21.8 Å². The Morgan fingerprint density at radius 2 is 1.64 bits per heavy atom. The number of alkyl halides is 3. The van der Waals surface area contributed by atoms with Gasteiger partial charge < -0.3 is 9.80 Å². The number of halogens is 3. The molecule has 10 heteroatoms. The van der Waals surface area contributed by atoms with Crippen molar-refractivity contribution in [3.63, 3.8) is 0 Å². The lowest BCUT2D eigenvalue weighted by Gasteiger charge is -2.37. The van der Waals surface area contributed by atoms with Crippen molar-refractivity contribution in [1.82, 2.24) is 14.1 Å². The van der Waals surface area contributed by atoms with E-state index in [9.17, 15) is 26.4 Å². The third-order valence-electron chi connectivity index (χ3n) is 5.42. The molecule has 0 unspecified atom stereocenters. The lowest BCUT2D eigenvalue weighted by molar-refractivity contribution is -0.139. The molecule has 0 N–H and O–H groups in total. The summed E-state index contributed by atoms with van der Waals surface area (Å²) in [5.41, 5.74) is -0.992. The van der Waals surface area contributed by atoms with Gasteiger partial charge in [0.05, 0.1) is 10.5 Å². The van der Waals surface area contributed by atoms with Crippen LogP contribution >= 0.6 is 0 Å². The van der Waals surface area contributed by atoms with Crippen molar-refractivity contribution >= 4 is 15.9 Å². The second kappa shape index (κ2) is 8.00. The third-order valence-corrected chi connectivity index (χ3v) is 7.31. The predicted molar refractivity (Wildman–Crippen MR) is 97.0 cm³/mol. The number of likely N-dealkylation sites (N-methyl/N-ethyl adjacent to an activating group) is 1. The Kier molecular flexibility index (Phi) is 6.02. The molecule has 156 valence electrons. The van der Waals surface area contributed by atoms with Crippen molar-refractivity contribution in [2.45, 2.75) is 23.9 Å². The average Bonchev–Trinajstić information content (AvgIpc) is 2.67. The van der Waals surface area contributed by atoms with Gasteiger partial charge in [0.1, 0.15) is 0 Å². The van der Waals surface area contributed by atoms with Gasteiger partial charge in [-0.1, -0.05) is 6.07 Å². The van der Waals surface area contributed by atoms with E-state index in [1.54, 1.807) is 0 Å². The van der Waals surface area contributed by atoms with Crippen molar-refractivity contribution < 1.29 is 26.4 Å². The number of benzene rings is 1. The van der Waals surface area contributed by atoms with Crippen LogP contribution in [-0.2, 0) is 21.0 Å². The molecule has 0 saturated carbocycles. The van der Waals surface area contributed by atoms with E-state index >= 15 is 0 Å². The summed E-state index contributed by atoms with van der Waals surface area (Å²) in [6, 6.07) is 3.78. The van der Waals surface area contributed by atoms with Crippen LogP contribution < -0.4 is 0 Å². The Morgan fingerprint density at radius 1 is 1.04 bits per heavy atom. The van der Waals surface area contributed by atoms with Gasteiger partial charge in [0.25, 0.3) is 0 Å². The number of piperidine rings is 1. The SMILES string of the molecule is CN1CCN(C(=O)C2CCN(S(=O)(=O)c3cccc(C(F)(F)F)c3)CC2)CC1. The van der Waals surface area contributed by atoms with E-state index in [0.717, 1.165) is 25.2 Å². The lowest BCUT2D eigenvalue weighted by Crippen LogP contribution is -2.50. The molecule has 1 aromatic carbocycles. The maximum absolute atomic E-state index is 12.9. The largest absolute Gasteiger partial charge is 0.416 e. The number of carbonyl (C=O) groups excluding carboxylic acids is 1. The first-order valence-corrected chi connectivity index (χ1v) is 10.7. The summed E-state index contributed by atoms with van der Waals surface area (Å²) in [5.74, 6) is -0.194. The van der Waals surface area contributed by atoms with Gasteiger partial charge in [0.2, 0.25) is 15.9 Å². The van der Waals surface area contributed by atoms with Gasteiger partial charge in [-0.2, -0.15) is 17.5 Å². The topological polar surface area (TPSA) is 60.9 Å². The van der Waals surface area contributed by atoms with Gasteiger partial charge in [-0.05, 0) is 38.1 Å². The van der Waals surface area contributed by atoms with Crippen LogP contribution in [0, 0.1) is 5.92 Å². The van der Waals surface area contributed by atoms with Crippen LogP contribution in [0.2, 0.25) is 0 Å². The number of sulfonamides is 1. The number of carbonyl (C=O) groups is 1. The van der Waals surface area contributed by atoms with E-state index in [1.165, 1.54) is 10.4 Å². The standard InChI is InChI=1S/C18H24F3N3O3S/c1-22-9-11-23(12-10-22)17(25)14-5-7-24(8-6-14)28(26,27)16-4-2-3-15(13-16)18(19,20)21/h2-4,13-14H,5-12H2,1H3. The van der Waals surface area contributed by atoms with Crippen molar-refractivity contribution in [2.75, 3.05) is 46.3 Å². The maximum atomic E-state index is 12.9. The number of hydrogen-bond acceptors (Lipinski definition) is 4. The molecule has 2 aliphatic heterocycles. The van der Waals surface area contributed by atoms with Crippen molar-refractivity contribution in [3.05, 3.63) is 29.8 Å². The molecule has 0 aliphatic carbocycles. The summed E-state index contributed by atoms with van der Waals surface area (Å²) < 4.78 is 65.3. The minimum Gasteiger partial charge on any atom is -0.340 e. The Hall–Kier alpha value is -1.65. The molecular weight excluding hydrogens is 395 g/mol. The van der Waals surface area contributed by atoms with Crippen LogP contribution in [0.5, 0.6) is 0 Å². The highest BCUT2D eigenvalue weighted by molar-refractivity contribution is 7.89. The molecule has 0 atom stereocenters. The second-order valence-corrected chi connectivity index (χ2v) is 9.27. The zero-order chi connectivity index (χ0) is 20.5. The monoisotopic (exact) mass is 419 g/mol. The minimum absolute atomic E-state index is 0.0456. The molecular formula is C18H24F3N3O3S. The number of hydrogen-bond donors (Lipinski definition) is 0. The second-order valence-electron chi connectivity index (χ2n) is 7.33. The third kappa shape index (κ3) is 4.49. The Morgan fingerprint density at radius 3 is 2.21 bits per heavy atom. The molecule has 2 aliphatic rings. The summed E-state index contributed by atoms with van der Waals surface area (Å²) in [4.78, 5) is 16.3. The van der Waals surface area contributed by atoms with E-state index in [2.05, 4.69) is 4.90 Å². The van der Waals surface area contributed by atoms with Crippen molar-refractivity contribution in [3.8, 4) is 0 Å². The van der Waals surface area contributed by atoms with Gasteiger partial charge in [-0.15, -0.1) is 0 Å². The summed E-state index contributed by atoms with van der Waals surface area (Å²) in [6.07, 6.45) is -3.85. The van der Waals surface area contributed by atoms with Gasteiger partial charge >= 0.3 is 6.18 Å². The number of nitrogens with zero attached hydrogens (tertiary/aromatic N) is 3. The molecule has 0 spiro atoms. The summed E-state index contributed by atoms with van der Waals surface area (Å²) in [7, 11) is -2.03. The number of amides is 1. The van der Waals surface area contributed by atoms with E-state index in [1.807, 2.05) is 11.9 Å². The Balaban J connectivity index is 1.65. The van der Waals surface area contributed by atoms with Crippen molar-refractivity contribution in [2.24, 2.45) is 5.92 Å². The smallest absolute Gasteiger partial charge is 0.340 e. The predicted octanol–water partition coefficient (Wildman–Crippen LogP) is 1.88. The zero-order valence-corrected chi connectivity index (χ0v) is 16.5. The first-order chi connectivity index (χ1) is 13.1. The molecule has 1 aromatic rings.